The molecule has 0 saturated carbocycles. The Morgan fingerprint density at radius 1 is 1.17 bits per heavy atom. The van der Waals surface area contributed by atoms with Gasteiger partial charge in [0.05, 0.1) is 11.3 Å². The fourth-order valence-corrected chi connectivity index (χ4v) is 2.11. The van der Waals surface area contributed by atoms with E-state index in [0.29, 0.717) is 17.7 Å². The van der Waals surface area contributed by atoms with Crippen molar-refractivity contribution in [1.82, 2.24) is 5.32 Å². The lowest BCUT2D eigenvalue weighted by molar-refractivity contribution is -0.118. The van der Waals surface area contributed by atoms with E-state index in [9.17, 15) is 9.59 Å². The van der Waals surface area contributed by atoms with Crippen LogP contribution in [0, 0.1) is 0 Å². The van der Waals surface area contributed by atoms with Crippen LogP contribution in [-0.2, 0) is 4.79 Å². The van der Waals surface area contributed by atoms with Crippen LogP contribution >= 0.6 is 0 Å². The Balaban J connectivity index is 2.12. The quantitative estimate of drug-likeness (QED) is 0.801. The molecule has 0 radical (unpaired) electrons. The summed E-state index contributed by atoms with van der Waals surface area (Å²) in [4.78, 5) is 24.0. The lowest BCUT2D eigenvalue weighted by Crippen LogP contribution is -2.41. The van der Waals surface area contributed by atoms with Gasteiger partial charge in [-0.1, -0.05) is 38.3 Å². The predicted molar refractivity (Wildman–Crippen MR) is 70.5 cm³/mol. The van der Waals surface area contributed by atoms with Crippen LogP contribution in [0.2, 0.25) is 0 Å². The van der Waals surface area contributed by atoms with E-state index in [2.05, 4.69) is 17.6 Å². The van der Waals surface area contributed by atoms with Crippen LogP contribution in [-0.4, -0.2) is 17.9 Å². The third-order valence-corrected chi connectivity index (χ3v) is 3.15. The fraction of sp³-hybridized carbons (Fsp3) is 0.429. The molecule has 18 heavy (non-hydrogen) atoms. The molecule has 4 heteroatoms. The van der Waals surface area contributed by atoms with Gasteiger partial charge >= 0.3 is 0 Å². The van der Waals surface area contributed by atoms with Gasteiger partial charge in [0.25, 0.3) is 5.91 Å². The average Bonchev–Trinajstić information content (AvgIpc) is 2.48. The number of hydrogen-bond donors (Lipinski definition) is 2. The summed E-state index contributed by atoms with van der Waals surface area (Å²) < 4.78 is 0. The number of rotatable bonds is 4. The Labute approximate surface area is 107 Å². The molecule has 0 spiro atoms. The highest BCUT2D eigenvalue weighted by Gasteiger charge is 2.26. The van der Waals surface area contributed by atoms with E-state index in [1.165, 1.54) is 0 Å². The Morgan fingerprint density at radius 3 is 2.72 bits per heavy atom. The number of anilines is 1. The van der Waals surface area contributed by atoms with Gasteiger partial charge < -0.3 is 10.6 Å². The van der Waals surface area contributed by atoms with Crippen LogP contribution in [0.3, 0.4) is 0 Å². The summed E-state index contributed by atoms with van der Waals surface area (Å²) in [5.41, 5.74) is 1.13. The number of hydrogen-bond acceptors (Lipinski definition) is 2. The highest BCUT2D eigenvalue weighted by atomic mass is 16.2. The molecule has 0 fully saturated rings. The van der Waals surface area contributed by atoms with E-state index < -0.39 is 6.04 Å². The maximum Gasteiger partial charge on any atom is 0.254 e. The summed E-state index contributed by atoms with van der Waals surface area (Å²) in [6.45, 7) is 2.11. The van der Waals surface area contributed by atoms with Crippen LogP contribution < -0.4 is 10.6 Å². The largest absolute Gasteiger partial charge is 0.340 e. The Kier molecular flexibility index (Phi) is 3.97. The van der Waals surface area contributed by atoms with Crippen LogP contribution in [0.5, 0.6) is 0 Å². The van der Waals surface area contributed by atoms with Gasteiger partial charge in [-0.3, -0.25) is 9.59 Å². The van der Waals surface area contributed by atoms with Crippen LogP contribution in [0.15, 0.2) is 24.3 Å². The summed E-state index contributed by atoms with van der Waals surface area (Å²) in [5.74, 6) is -0.296. The zero-order chi connectivity index (χ0) is 13.0. The molecule has 2 rings (SSSR count). The molecular weight excluding hydrogens is 228 g/mol. The Bertz CT molecular complexity index is 457. The number of carbonyl (C=O) groups is 2. The number of fused-ring (bicyclic) bond motifs is 1. The van der Waals surface area contributed by atoms with Crippen molar-refractivity contribution in [3.05, 3.63) is 29.8 Å². The van der Waals surface area contributed by atoms with Crippen molar-refractivity contribution in [3.63, 3.8) is 0 Å². The number of carbonyl (C=O) groups excluding carboxylic acids is 2. The van der Waals surface area contributed by atoms with Crippen molar-refractivity contribution in [2.24, 2.45) is 0 Å². The van der Waals surface area contributed by atoms with E-state index in [1.807, 2.05) is 6.07 Å². The topological polar surface area (TPSA) is 58.2 Å². The zero-order valence-electron chi connectivity index (χ0n) is 10.5. The van der Waals surface area contributed by atoms with E-state index >= 15 is 0 Å². The maximum absolute atomic E-state index is 12.0. The van der Waals surface area contributed by atoms with Crippen molar-refractivity contribution >= 4 is 17.5 Å². The van der Waals surface area contributed by atoms with Crippen LogP contribution in [0.4, 0.5) is 5.69 Å². The number of nitrogens with one attached hydrogen (secondary N) is 2. The minimum Gasteiger partial charge on any atom is -0.340 e. The molecule has 1 aliphatic rings. The lowest BCUT2D eigenvalue weighted by atomic mass is 10.1. The molecule has 0 aliphatic carbocycles. The molecule has 1 aromatic rings. The van der Waals surface area contributed by atoms with Crippen LogP contribution in [0.25, 0.3) is 0 Å². The van der Waals surface area contributed by atoms with E-state index in [1.54, 1.807) is 18.2 Å². The molecule has 96 valence electrons. The van der Waals surface area contributed by atoms with Crippen molar-refractivity contribution in [2.75, 3.05) is 5.32 Å². The molecule has 1 unspecified atom stereocenters. The van der Waals surface area contributed by atoms with Gasteiger partial charge in [-0.2, -0.15) is 0 Å². The Morgan fingerprint density at radius 2 is 1.94 bits per heavy atom. The highest BCUT2D eigenvalue weighted by molar-refractivity contribution is 6.09. The number of para-hydroxylation sites is 1. The molecule has 1 aromatic carbocycles. The van der Waals surface area contributed by atoms with E-state index in [0.717, 1.165) is 19.3 Å². The number of unbranched alkanes of at least 4 members (excludes halogenated alkanes) is 2. The molecule has 0 bridgehead atoms. The molecule has 2 amide bonds. The first kappa shape index (κ1) is 12.6. The third-order valence-electron chi connectivity index (χ3n) is 3.15. The van der Waals surface area contributed by atoms with Gasteiger partial charge in [-0.05, 0) is 18.6 Å². The molecule has 4 nitrogen and oxygen atoms in total. The zero-order valence-corrected chi connectivity index (χ0v) is 10.5. The lowest BCUT2D eigenvalue weighted by Gasteiger charge is -2.13. The molecule has 0 saturated heterocycles. The minimum atomic E-state index is -0.420. The Hall–Kier alpha value is -1.84. The molecule has 2 N–H and O–H groups in total. The summed E-state index contributed by atoms with van der Waals surface area (Å²) >= 11 is 0. The van der Waals surface area contributed by atoms with Crippen molar-refractivity contribution in [3.8, 4) is 0 Å². The summed E-state index contributed by atoms with van der Waals surface area (Å²) in [6.07, 6.45) is 3.82. The van der Waals surface area contributed by atoms with E-state index in [-0.39, 0.29) is 11.8 Å². The SMILES string of the molecule is CCCCCC1NC(=O)c2ccccc2NC1=O. The molecule has 1 heterocycles. The molecule has 1 aliphatic heterocycles. The summed E-state index contributed by atoms with van der Waals surface area (Å²) in [7, 11) is 0. The van der Waals surface area contributed by atoms with Gasteiger partial charge in [-0.25, -0.2) is 0 Å². The average molecular weight is 246 g/mol. The van der Waals surface area contributed by atoms with E-state index in [4.69, 9.17) is 0 Å². The first-order chi connectivity index (χ1) is 8.72. The van der Waals surface area contributed by atoms with Crippen molar-refractivity contribution < 1.29 is 9.59 Å². The standard InChI is InChI=1S/C14H18N2O2/c1-2-3-4-9-12-14(18)15-11-8-6-5-7-10(11)13(17)16-12/h5-8,12H,2-4,9H2,1H3,(H,15,18)(H,16,17). The molecular formula is C14H18N2O2. The van der Waals surface area contributed by atoms with Gasteiger partial charge in [0.15, 0.2) is 0 Å². The predicted octanol–water partition coefficient (Wildman–Crippen LogP) is 2.32. The monoisotopic (exact) mass is 246 g/mol. The maximum atomic E-state index is 12.0. The van der Waals surface area contributed by atoms with Gasteiger partial charge in [0.1, 0.15) is 6.04 Å². The molecule has 1 atom stereocenters. The van der Waals surface area contributed by atoms with Gasteiger partial charge in [0.2, 0.25) is 5.91 Å². The van der Waals surface area contributed by atoms with Gasteiger partial charge in [0, 0.05) is 0 Å². The highest BCUT2D eigenvalue weighted by Crippen LogP contribution is 2.19. The normalized spacial score (nSPS) is 18.6. The van der Waals surface area contributed by atoms with Crippen LogP contribution in [0.1, 0.15) is 43.0 Å². The number of amides is 2. The minimum absolute atomic E-state index is 0.121. The molecule has 0 aromatic heterocycles. The smallest absolute Gasteiger partial charge is 0.254 e. The second kappa shape index (κ2) is 5.67. The van der Waals surface area contributed by atoms with Crippen molar-refractivity contribution in [2.45, 2.75) is 38.6 Å². The third kappa shape index (κ3) is 2.70. The summed E-state index contributed by atoms with van der Waals surface area (Å²) in [5, 5.41) is 5.60. The van der Waals surface area contributed by atoms with Crippen molar-refractivity contribution in [1.29, 1.82) is 0 Å². The second-order valence-electron chi connectivity index (χ2n) is 4.56. The first-order valence-electron chi connectivity index (χ1n) is 6.43. The number of benzene rings is 1. The second-order valence-corrected chi connectivity index (χ2v) is 4.56. The first-order valence-corrected chi connectivity index (χ1v) is 6.43. The summed E-state index contributed by atoms with van der Waals surface area (Å²) in [6, 6.07) is 6.66. The fourth-order valence-electron chi connectivity index (χ4n) is 2.11. The van der Waals surface area contributed by atoms with Gasteiger partial charge in [-0.15, -0.1) is 0 Å².